The van der Waals surface area contributed by atoms with Crippen molar-refractivity contribution in [3.8, 4) is 0 Å². The molecule has 0 aliphatic heterocycles. The fourth-order valence-corrected chi connectivity index (χ4v) is 5.11. The highest BCUT2D eigenvalue weighted by Crippen LogP contribution is 2.22. The molecule has 0 aliphatic rings. The number of rotatable bonds is 11. The molecule has 0 spiro atoms. The molecule has 1 N–H and O–H groups in total. The van der Waals surface area contributed by atoms with Gasteiger partial charge in [0.05, 0.1) is 11.9 Å². The fourth-order valence-electron chi connectivity index (χ4n) is 4.00. The monoisotopic (exact) mass is 599 g/mol. The van der Waals surface area contributed by atoms with Gasteiger partial charge in [-0.25, -0.2) is 8.42 Å². The Balaban J connectivity index is 2.03. The number of sulfonamides is 1. The highest BCUT2D eigenvalue weighted by Gasteiger charge is 2.32. The molecule has 1 atom stereocenters. The van der Waals surface area contributed by atoms with Crippen LogP contribution in [0.1, 0.15) is 28.4 Å². The van der Waals surface area contributed by atoms with E-state index in [9.17, 15) is 22.8 Å². The topological polar surface area (TPSA) is 104 Å². The lowest BCUT2D eigenvalue weighted by atomic mass is 10.0. The van der Waals surface area contributed by atoms with Crippen molar-refractivity contribution >= 4 is 49.2 Å². The van der Waals surface area contributed by atoms with Crippen LogP contribution in [0.2, 0.25) is 0 Å². The second kappa shape index (κ2) is 12.8. The van der Waals surface area contributed by atoms with E-state index in [-0.39, 0.29) is 30.3 Å². The van der Waals surface area contributed by atoms with Gasteiger partial charge in [0, 0.05) is 30.0 Å². The van der Waals surface area contributed by atoms with Crippen molar-refractivity contribution < 1.29 is 22.8 Å². The van der Waals surface area contributed by atoms with E-state index < -0.39 is 28.5 Å². The van der Waals surface area contributed by atoms with Crippen molar-refractivity contribution in [1.82, 2.24) is 10.2 Å². The van der Waals surface area contributed by atoms with E-state index in [1.165, 1.54) is 31.0 Å². The molecule has 0 aliphatic carbocycles. The number of ketones is 1. The molecule has 1 unspecified atom stereocenters. The standard InChI is InChI=1S/C28H30BrN3O5S/c1-20(33)23-10-7-11-25(17-23)32(38(3,36)37)19-27(34)31(18-22-12-14-24(29)15-13-22)26(28(35)30-2)16-21-8-5-4-6-9-21/h4-15,17,26H,16,18-19H2,1-3H3,(H,30,35). The molecular formula is C28H30BrN3O5S. The molecule has 0 fully saturated rings. The number of carbonyl (C=O) groups is 3. The van der Waals surface area contributed by atoms with Crippen LogP contribution in [0.15, 0.2) is 83.3 Å². The minimum atomic E-state index is -3.91. The van der Waals surface area contributed by atoms with Gasteiger partial charge in [0.1, 0.15) is 12.6 Å². The minimum Gasteiger partial charge on any atom is -0.357 e. The first-order chi connectivity index (χ1) is 18.0. The molecule has 3 aromatic carbocycles. The third kappa shape index (κ3) is 7.75. The summed E-state index contributed by atoms with van der Waals surface area (Å²) in [4.78, 5) is 40.3. The Morgan fingerprint density at radius 3 is 2.16 bits per heavy atom. The van der Waals surface area contributed by atoms with E-state index in [0.29, 0.717) is 5.56 Å². The number of nitrogens with zero attached hydrogens (tertiary/aromatic N) is 2. The first-order valence-corrected chi connectivity index (χ1v) is 14.5. The fraction of sp³-hybridized carbons (Fsp3) is 0.250. The summed E-state index contributed by atoms with van der Waals surface area (Å²) >= 11 is 3.40. The molecule has 0 saturated heterocycles. The number of halogens is 1. The molecule has 2 amide bonds. The number of nitrogens with one attached hydrogen (secondary N) is 1. The molecule has 10 heteroatoms. The maximum absolute atomic E-state index is 13.9. The van der Waals surface area contributed by atoms with Gasteiger partial charge in [-0.3, -0.25) is 18.7 Å². The minimum absolute atomic E-state index is 0.0854. The van der Waals surface area contributed by atoms with Crippen LogP contribution in [0.3, 0.4) is 0 Å². The number of carbonyl (C=O) groups excluding carboxylic acids is 3. The van der Waals surface area contributed by atoms with Crippen molar-refractivity contribution in [3.63, 3.8) is 0 Å². The summed E-state index contributed by atoms with van der Waals surface area (Å²) in [5.74, 6) is -1.16. The first kappa shape index (κ1) is 29.1. The van der Waals surface area contributed by atoms with Gasteiger partial charge in [-0.1, -0.05) is 70.5 Å². The number of likely N-dealkylation sites (N-methyl/N-ethyl adjacent to an activating group) is 1. The van der Waals surface area contributed by atoms with Crippen LogP contribution >= 0.6 is 15.9 Å². The van der Waals surface area contributed by atoms with E-state index >= 15 is 0 Å². The van der Waals surface area contributed by atoms with Gasteiger partial charge in [0.15, 0.2) is 5.78 Å². The summed E-state index contributed by atoms with van der Waals surface area (Å²) in [6, 6.07) is 21.9. The van der Waals surface area contributed by atoms with Gasteiger partial charge in [-0.05, 0) is 42.3 Å². The highest BCUT2D eigenvalue weighted by molar-refractivity contribution is 9.10. The summed E-state index contributed by atoms with van der Waals surface area (Å²) in [5.41, 5.74) is 2.14. The van der Waals surface area contributed by atoms with E-state index in [4.69, 9.17) is 0 Å². The number of amides is 2. The predicted octanol–water partition coefficient (Wildman–Crippen LogP) is 3.80. The van der Waals surface area contributed by atoms with Crippen molar-refractivity contribution in [2.24, 2.45) is 0 Å². The number of Topliss-reactive ketones (excluding diaryl/α,β-unsaturated/α-hetero) is 1. The molecule has 3 aromatic rings. The van der Waals surface area contributed by atoms with Gasteiger partial charge in [-0.2, -0.15) is 0 Å². The molecule has 3 rings (SSSR count). The van der Waals surface area contributed by atoms with Crippen LogP contribution in [0, 0.1) is 0 Å². The van der Waals surface area contributed by atoms with Crippen LogP contribution in [-0.2, 0) is 32.6 Å². The average Bonchev–Trinajstić information content (AvgIpc) is 2.89. The van der Waals surface area contributed by atoms with Crippen LogP contribution in [-0.4, -0.2) is 56.8 Å². The average molecular weight is 601 g/mol. The molecule has 0 bridgehead atoms. The first-order valence-electron chi connectivity index (χ1n) is 11.9. The van der Waals surface area contributed by atoms with Crippen molar-refractivity contribution in [2.45, 2.75) is 25.9 Å². The smallest absolute Gasteiger partial charge is 0.244 e. The molecule has 8 nitrogen and oxygen atoms in total. The Kier molecular flexibility index (Phi) is 9.82. The van der Waals surface area contributed by atoms with Crippen molar-refractivity contribution in [3.05, 3.63) is 100 Å². The second-order valence-corrected chi connectivity index (χ2v) is 11.7. The molecule has 38 heavy (non-hydrogen) atoms. The quantitative estimate of drug-likeness (QED) is 0.338. The Morgan fingerprint density at radius 2 is 1.58 bits per heavy atom. The molecule has 0 heterocycles. The van der Waals surface area contributed by atoms with Crippen LogP contribution in [0.4, 0.5) is 5.69 Å². The molecule has 200 valence electrons. The van der Waals surface area contributed by atoms with Gasteiger partial charge in [0.25, 0.3) is 0 Å². The lowest BCUT2D eigenvalue weighted by Gasteiger charge is -2.33. The third-order valence-corrected chi connectivity index (χ3v) is 7.67. The summed E-state index contributed by atoms with van der Waals surface area (Å²) in [6.07, 6.45) is 1.24. The lowest BCUT2D eigenvalue weighted by Crippen LogP contribution is -2.52. The Hall–Kier alpha value is -3.50. The maximum atomic E-state index is 13.9. The Labute approximate surface area is 231 Å². The number of anilines is 1. The maximum Gasteiger partial charge on any atom is 0.244 e. The molecule has 0 aromatic heterocycles. The molecule has 0 saturated carbocycles. The van der Waals surface area contributed by atoms with Gasteiger partial charge in [0.2, 0.25) is 21.8 Å². The second-order valence-electron chi connectivity index (χ2n) is 8.84. The van der Waals surface area contributed by atoms with E-state index in [2.05, 4.69) is 21.2 Å². The van der Waals surface area contributed by atoms with E-state index in [1.54, 1.807) is 12.1 Å². The highest BCUT2D eigenvalue weighted by atomic mass is 79.9. The zero-order valence-corrected chi connectivity index (χ0v) is 23.8. The SMILES string of the molecule is CNC(=O)C(Cc1ccccc1)N(Cc1ccc(Br)cc1)C(=O)CN(c1cccc(C(C)=O)c1)S(C)(=O)=O. The Bertz CT molecular complexity index is 1400. The number of hydrogen-bond acceptors (Lipinski definition) is 5. The van der Waals surface area contributed by atoms with Crippen LogP contribution in [0.5, 0.6) is 0 Å². The number of hydrogen-bond donors (Lipinski definition) is 1. The normalized spacial score (nSPS) is 11.9. The van der Waals surface area contributed by atoms with Gasteiger partial charge < -0.3 is 10.2 Å². The predicted molar refractivity (Wildman–Crippen MR) is 151 cm³/mol. The van der Waals surface area contributed by atoms with E-state index in [1.807, 2.05) is 54.6 Å². The van der Waals surface area contributed by atoms with Gasteiger partial charge >= 0.3 is 0 Å². The Morgan fingerprint density at radius 1 is 0.921 bits per heavy atom. The lowest BCUT2D eigenvalue weighted by molar-refractivity contribution is -0.139. The van der Waals surface area contributed by atoms with Crippen LogP contribution < -0.4 is 9.62 Å². The summed E-state index contributed by atoms with van der Waals surface area (Å²) in [7, 11) is -2.41. The summed E-state index contributed by atoms with van der Waals surface area (Å²) in [6.45, 7) is 0.924. The largest absolute Gasteiger partial charge is 0.357 e. The van der Waals surface area contributed by atoms with Crippen LogP contribution in [0.25, 0.3) is 0 Å². The van der Waals surface area contributed by atoms with Crippen molar-refractivity contribution in [2.75, 3.05) is 24.2 Å². The van der Waals surface area contributed by atoms with E-state index in [0.717, 1.165) is 26.2 Å². The summed E-state index contributed by atoms with van der Waals surface area (Å²) in [5, 5.41) is 2.64. The number of benzene rings is 3. The van der Waals surface area contributed by atoms with Gasteiger partial charge in [-0.15, -0.1) is 0 Å². The zero-order valence-electron chi connectivity index (χ0n) is 21.4. The summed E-state index contributed by atoms with van der Waals surface area (Å²) < 4.78 is 27.4. The van der Waals surface area contributed by atoms with Crippen molar-refractivity contribution in [1.29, 1.82) is 0 Å². The molecule has 0 radical (unpaired) electrons. The zero-order chi connectivity index (χ0) is 27.9. The molecular weight excluding hydrogens is 570 g/mol. The third-order valence-electron chi connectivity index (χ3n) is 6.00.